The predicted octanol–water partition coefficient (Wildman–Crippen LogP) is 8.12. The summed E-state index contributed by atoms with van der Waals surface area (Å²) >= 11 is 1.58. The second kappa shape index (κ2) is 15.2. The lowest BCUT2D eigenvalue weighted by Gasteiger charge is -2.36. The van der Waals surface area contributed by atoms with Gasteiger partial charge in [-0.2, -0.15) is 13.2 Å². The molecular weight excluding hydrogens is 732 g/mol. The first kappa shape index (κ1) is 36.8. The molecule has 15 heteroatoms. The maximum Gasteiger partial charge on any atom is 0.433 e. The number of nitrogens with zero attached hydrogens (tertiary/aromatic N) is 5. The number of rotatable bonds is 8. The molecule has 1 aliphatic carbocycles. The van der Waals surface area contributed by atoms with Gasteiger partial charge < -0.3 is 15.0 Å². The van der Waals surface area contributed by atoms with Crippen LogP contribution in [0.2, 0.25) is 0 Å². The number of halogens is 3. The third kappa shape index (κ3) is 7.85. The predicted molar refractivity (Wildman–Crippen MR) is 204 cm³/mol. The Morgan fingerprint density at radius 1 is 0.964 bits per heavy atom. The van der Waals surface area contributed by atoms with E-state index in [4.69, 9.17) is 9.72 Å². The summed E-state index contributed by atoms with van der Waals surface area (Å²) in [5, 5.41) is 8.06. The van der Waals surface area contributed by atoms with Crippen LogP contribution in [0.3, 0.4) is 0 Å². The molecule has 3 aliphatic rings. The van der Waals surface area contributed by atoms with Crippen LogP contribution in [0.15, 0.2) is 60.9 Å². The lowest BCUT2D eigenvalue weighted by Crippen LogP contribution is -2.49. The highest BCUT2D eigenvalue weighted by molar-refractivity contribution is 7.18. The lowest BCUT2D eigenvalue weighted by molar-refractivity contribution is -0.141. The van der Waals surface area contributed by atoms with Gasteiger partial charge in [-0.05, 0) is 93.3 Å². The number of carbonyl (C=O) groups excluding carboxylic acids is 3. The van der Waals surface area contributed by atoms with E-state index in [9.17, 15) is 27.6 Å². The van der Waals surface area contributed by atoms with Gasteiger partial charge in [-0.1, -0.05) is 18.2 Å². The molecule has 5 heterocycles. The zero-order valence-electron chi connectivity index (χ0n) is 30.2. The summed E-state index contributed by atoms with van der Waals surface area (Å²) in [7, 11) is 1.47. The summed E-state index contributed by atoms with van der Waals surface area (Å²) in [6, 6.07) is 12.8. The van der Waals surface area contributed by atoms with Crippen molar-refractivity contribution in [2.24, 2.45) is 5.92 Å². The van der Waals surface area contributed by atoms with Crippen LogP contribution >= 0.6 is 11.3 Å². The molecule has 0 spiro atoms. The number of pyridine rings is 2. The van der Waals surface area contributed by atoms with Crippen molar-refractivity contribution in [1.82, 2.24) is 25.2 Å². The van der Waals surface area contributed by atoms with E-state index in [0.717, 1.165) is 102 Å². The van der Waals surface area contributed by atoms with E-state index in [1.165, 1.54) is 18.7 Å². The molecule has 2 saturated heterocycles. The molecule has 2 aromatic carbocycles. The molecule has 2 N–H and O–H groups in total. The first-order valence-electron chi connectivity index (χ1n) is 18.6. The maximum absolute atomic E-state index is 13.2. The van der Waals surface area contributed by atoms with Crippen molar-refractivity contribution in [1.29, 1.82) is 0 Å². The molecule has 2 aliphatic heterocycles. The molecule has 0 atom stereocenters. The van der Waals surface area contributed by atoms with Crippen LogP contribution in [-0.4, -0.2) is 71.0 Å². The van der Waals surface area contributed by atoms with Gasteiger partial charge in [-0.15, -0.1) is 11.3 Å². The molecule has 286 valence electrons. The molecule has 0 radical (unpaired) electrons. The number of anilines is 2. The summed E-state index contributed by atoms with van der Waals surface area (Å²) in [5.74, 6) is 0.773. The van der Waals surface area contributed by atoms with Crippen LogP contribution in [0.4, 0.5) is 29.3 Å². The van der Waals surface area contributed by atoms with Gasteiger partial charge in [-0.25, -0.2) is 14.8 Å². The maximum atomic E-state index is 13.2. The number of benzene rings is 2. The van der Waals surface area contributed by atoms with Crippen LogP contribution in [0.5, 0.6) is 5.75 Å². The third-order valence-corrected chi connectivity index (χ3v) is 12.3. The molecule has 1 saturated carbocycles. The highest BCUT2D eigenvalue weighted by Gasteiger charge is 2.33. The normalized spacial score (nSPS) is 20.2. The van der Waals surface area contributed by atoms with E-state index in [1.54, 1.807) is 34.6 Å². The monoisotopic (exact) mass is 771 g/mol. The number of carbonyl (C=O) groups is 3. The summed E-state index contributed by atoms with van der Waals surface area (Å²) in [6.45, 7) is 3.52. The summed E-state index contributed by atoms with van der Waals surface area (Å²) < 4.78 is 45.9. The number of nitrogens with one attached hydrogen (secondary N) is 2. The van der Waals surface area contributed by atoms with Crippen LogP contribution in [0.1, 0.15) is 83.5 Å². The number of ether oxygens (including phenoxy) is 1. The smallest absolute Gasteiger partial charge is 0.433 e. The molecule has 3 fully saturated rings. The van der Waals surface area contributed by atoms with Crippen molar-refractivity contribution in [2.45, 2.75) is 63.0 Å². The molecule has 0 bridgehead atoms. The Kier molecular flexibility index (Phi) is 10.2. The average molecular weight is 772 g/mol. The van der Waals surface area contributed by atoms with Crippen LogP contribution in [0.25, 0.3) is 21.0 Å². The molecular formula is C40H40F3N7O4S. The number of alkyl halides is 3. The Morgan fingerprint density at radius 3 is 2.51 bits per heavy atom. The number of piperidine rings is 1. The number of urea groups is 1. The highest BCUT2D eigenvalue weighted by Crippen LogP contribution is 2.42. The number of hydrogen-bond acceptors (Lipinski definition) is 9. The van der Waals surface area contributed by atoms with E-state index < -0.39 is 23.8 Å². The first-order valence-corrected chi connectivity index (χ1v) is 19.4. The largest absolute Gasteiger partial charge is 0.494 e. The zero-order chi connectivity index (χ0) is 38.3. The Labute approximate surface area is 319 Å². The van der Waals surface area contributed by atoms with Crippen molar-refractivity contribution < 1.29 is 32.3 Å². The molecule has 5 aromatic rings. The topological polar surface area (TPSA) is 130 Å². The Hall–Kier alpha value is -5.15. The number of aromatic nitrogens is 3. The molecule has 0 unspecified atom stereocenters. The van der Waals surface area contributed by atoms with Gasteiger partial charge in [0.05, 0.1) is 39.9 Å². The number of hydrogen-bond donors (Lipinski definition) is 2. The fourth-order valence-corrected chi connectivity index (χ4v) is 9.32. The SMILES string of the molecule is COc1cc2nc(C3CCC(CN4CCC(c5ccc6c(N7CCC(=O)NC7=O)cncc6c5)CC4)CC3)sc2cc1NC(=O)c1cccc(C(F)(F)F)n1. The van der Waals surface area contributed by atoms with E-state index in [2.05, 4.69) is 43.7 Å². The van der Waals surface area contributed by atoms with Crippen LogP contribution < -0.4 is 20.3 Å². The Balaban J connectivity index is 0.849. The average Bonchev–Trinajstić information content (AvgIpc) is 3.60. The third-order valence-electron chi connectivity index (χ3n) is 11.1. The summed E-state index contributed by atoms with van der Waals surface area (Å²) in [4.78, 5) is 54.1. The number of imide groups is 1. The Bertz CT molecular complexity index is 2260. The highest BCUT2D eigenvalue weighted by atomic mass is 32.1. The molecule has 11 nitrogen and oxygen atoms in total. The molecule has 55 heavy (non-hydrogen) atoms. The number of methoxy groups -OCH3 is 1. The summed E-state index contributed by atoms with van der Waals surface area (Å²) in [6.07, 6.45) is 5.65. The van der Waals surface area contributed by atoms with Crippen molar-refractivity contribution in [3.63, 3.8) is 0 Å². The second-order valence-corrected chi connectivity index (χ2v) is 15.7. The number of amides is 4. The van der Waals surface area contributed by atoms with Gasteiger partial charge in [-0.3, -0.25) is 24.8 Å². The van der Waals surface area contributed by atoms with Gasteiger partial charge in [0.2, 0.25) is 5.91 Å². The number of fused-ring (bicyclic) bond motifs is 2. The fourth-order valence-electron chi connectivity index (χ4n) is 8.17. The quantitative estimate of drug-likeness (QED) is 0.162. The van der Waals surface area contributed by atoms with Gasteiger partial charge in [0.1, 0.15) is 17.1 Å². The minimum absolute atomic E-state index is 0.258. The zero-order valence-corrected chi connectivity index (χ0v) is 31.0. The summed E-state index contributed by atoms with van der Waals surface area (Å²) in [5.41, 5.74) is 1.64. The minimum Gasteiger partial charge on any atom is -0.494 e. The minimum atomic E-state index is -4.66. The van der Waals surface area contributed by atoms with Crippen LogP contribution in [0, 0.1) is 5.92 Å². The number of likely N-dealkylation sites (tertiary alicyclic amines) is 1. The molecule has 8 rings (SSSR count). The van der Waals surface area contributed by atoms with Crippen molar-refractivity contribution in [3.05, 3.63) is 82.9 Å². The van der Waals surface area contributed by atoms with E-state index in [-0.39, 0.29) is 18.0 Å². The van der Waals surface area contributed by atoms with Crippen molar-refractivity contribution in [3.8, 4) is 5.75 Å². The second-order valence-electron chi connectivity index (χ2n) is 14.6. The van der Waals surface area contributed by atoms with E-state index in [0.29, 0.717) is 35.7 Å². The van der Waals surface area contributed by atoms with Crippen LogP contribution in [-0.2, 0) is 11.0 Å². The van der Waals surface area contributed by atoms with Gasteiger partial charge in [0.25, 0.3) is 5.91 Å². The van der Waals surface area contributed by atoms with Gasteiger partial charge in [0, 0.05) is 48.5 Å². The van der Waals surface area contributed by atoms with E-state index >= 15 is 0 Å². The fraction of sp³-hybridized carbons (Fsp3) is 0.400. The van der Waals surface area contributed by atoms with Gasteiger partial charge in [0.15, 0.2) is 0 Å². The van der Waals surface area contributed by atoms with Crippen molar-refractivity contribution in [2.75, 3.05) is 43.5 Å². The molecule has 4 amide bonds. The van der Waals surface area contributed by atoms with Crippen molar-refractivity contribution >= 4 is 61.5 Å². The first-order chi connectivity index (χ1) is 26.5. The standard InChI is InChI=1S/C40H40F3N7O4S/c1-54-33-18-31-34(19-30(33)46-37(52)29-3-2-4-35(45-29)40(41,42)43)55-38(47-31)25-7-5-23(6-8-25)22-49-14-11-24(12-15-49)26-9-10-28-27(17-26)20-44-21-32(28)50-16-13-36(51)48-39(50)53/h2-4,9-10,17-21,23-25H,5-8,11-16,22H2,1H3,(H,46,52)(H,48,51,53). The lowest BCUT2D eigenvalue weighted by atomic mass is 9.81. The van der Waals surface area contributed by atoms with E-state index in [1.807, 2.05) is 6.20 Å². The molecule has 3 aromatic heterocycles. The number of thiazole rings is 1. The van der Waals surface area contributed by atoms with Gasteiger partial charge >= 0.3 is 12.2 Å². The Morgan fingerprint density at radius 2 is 1.76 bits per heavy atom.